The molecule has 0 bridgehead atoms. The molecule has 0 aromatic heterocycles. The number of carbonyl (C=O) groups excluding carboxylic acids is 1. The summed E-state index contributed by atoms with van der Waals surface area (Å²) < 4.78 is 28.2. The Hall–Kier alpha value is -1.80. The number of likely N-dealkylation sites (tertiary alicyclic amines) is 1. The minimum atomic E-state index is -3.93. The third-order valence-corrected chi connectivity index (χ3v) is 5.04. The minimum absolute atomic E-state index is 0.148. The van der Waals surface area contributed by atoms with E-state index in [9.17, 15) is 13.2 Å². The summed E-state index contributed by atoms with van der Waals surface area (Å²) in [5.41, 5.74) is 0.374. The minimum Gasteiger partial charge on any atom is -0.495 e. The Morgan fingerprint density at radius 2 is 2.22 bits per heavy atom. The molecule has 3 N–H and O–H groups in total. The van der Waals surface area contributed by atoms with Gasteiger partial charge in [-0.1, -0.05) is 13.3 Å². The van der Waals surface area contributed by atoms with E-state index in [0.29, 0.717) is 18.2 Å². The van der Waals surface area contributed by atoms with Crippen molar-refractivity contribution < 1.29 is 17.9 Å². The van der Waals surface area contributed by atoms with Crippen LogP contribution in [0, 0.1) is 5.92 Å². The number of sulfonamides is 1. The van der Waals surface area contributed by atoms with E-state index in [0.717, 1.165) is 25.8 Å². The van der Waals surface area contributed by atoms with E-state index >= 15 is 0 Å². The molecule has 0 radical (unpaired) electrons. The maximum absolute atomic E-state index is 12.3. The number of methoxy groups -OCH3 is 1. The number of hydrogen-bond donors (Lipinski definition) is 2. The van der Waals surface area contributed by atoms with Crippen LogP contribution in [0.15, 0.2) is 23.1 Å². The first-order valence-electron chi connectivity index (χ1n) is 7.62. The van der Waals surface area contributed by atoms with Gasteiger partial charge >= 0.3 is 6.03 Å². The van der Waals surface area contributed by atoms with Gasteiger partial charge < -0.3 is 15.0 Å². The van der Waals surface area contributed by atoms with E-state index in [2.05, 4.69) is 12.2 Å². The predicted molar refractivity (Wildman–Crippen MR) is 88.0 cm³/mol. The Morgan fingerprint density at radius 3 is 2.83 bits per heavy atom. The fourth-order valence-electron chi connectivity index (χ4n) is 2.76. The normalized spacial score (nSPS) is 18.6. The molecular formula is C15H23N3O4S. The van der Waals surface area contributed by atoms with E-state index in [1.807, 2.05) is 0 Å². The molecule has 1 atom stereocenters. The van der Waals surface area contributed by atoms with Crippen LogP contribution in [-0.4, -0.2) is 39.5 Å². The zero-order valence-corrected chi connectivity index (χ0v) is 14.2. The molecule has 128 valence electrons. The molecule has 2 amide bonds. The highest BCUT2D eigenvalue weighted by molar-refractivity contribution is 7.89. The van der Waals surface area contributed by atoms with E-state index in [1.165, 1.54) is 19.2 Å². The first kappa shape index (κ1) is 17.6. The Balaban J connectivity index is 2.15. The van der Waals surface area contributed by atoms with Crippen molar-refractivity contribution in [2.45, 2.75) is 31.1 Å². The van der Waals surface area contributed by atoms with Crippen LogP contribution in [0.2, 0.25) is 0 Å². The van der Waals surface area contributed by atoms with Crippen molar-refractivity contribution in [3.05, 3.63) is 18.2 Å². The first-order chi connectivity index (χ1) is 10.8. The van der Waals surface area contributed by atoms with Gasteiger partial charge in [0.15, 0.2) is 0 Å². The van der Waals surface area contributed by atoms with Crippen LogP contribution in [0.5, 0.6) is 5.75 Å². The average Bonchev–Trinajstić information content (AvgIpc) is 2.54. The number of urea groups is 1. The largest absolute Gasteiger partial charge is 0.495 e. The molecule has 7 nitrogen and oxygen atoms in total. The van der Waals surface area contributed by atoms with Crippen LogP contribution >= 0.6 is 0 Å². The molecular weight excluding hydrogens is 318 g/mol. The van der Waals surface area contributed by atoms with Crippen LogP contribution in [-0.2, 0) is 10.0 Å². The van der Waals surface area contributed by atoms with E-state index in [1.54, 1.807) is 11.0 Å². The quantitative estimate of drug-likeness (QED) is 0.874. The number of carbonyl (C=O) groups is 1. The lowest BCUT2D eigenvalue weighted by Gasteiger charge is -2.32. The number of amides is 2. The van der Waals surface area contributed by atoms with Crippen molar-refractivity contribution >= 4 is 21.7 Å². The predicted octanol–water partition coefficient (Wildman–Crippen LogP) is 2.00. The Bertz CT molecular complexity index is 675. The number of ether oxygens (including phenoxy) is 1. The second-order valence-electron chi connectivity index (χ2n) is 5.70. The molecule has 0 aliphatic carbocycles. The highest BCUT2D eigenvalue weighted by Gasteiger charge is 2.23. The van der Waals surface area contributed by atoms with Crippen LogP contribution in [0.4, 0.5) is 10.5 Å². The molecule has 1 heterocycles. The fraction of sp³-hybridized carbons (Fsp3) is 0.533. The van der Waals surface area contributed by atoms with Crippen LogP contribution in [0.25, 0.3) is 0 Å². The number of rotatable bonds is 4. The molecule has 1 aliphatic heterocycles. The average molecular weight is 341 g/mol. The van der Waals surface area contributed by atoms with Gasteiger partial charge in [0.2, 0.25) is 10.0 Å². The lowest BCUT2D eigenvalue weighted by Crippen LogP contribution is -2.42. The lowest BCUT2D eigenvalue weighted by molar-refractivity contribution is 0.176. The van der Waals surface area contributed by atoms with Gasteiger partial charge in [-0.3, -0.25) is 0 Å². The number of hydrogen-bond acceptors (Lipinski definition) is 4. The molecule has 1 aromatic carbocycles. The fourth-order valence-corrected chi connectivity index (χ4v) is 3.49. The summed E-state index contributed by atoms with van der Waals surface area (Å²) in [7, 11) is -2.57. The van der Waals surface area contributed by atoms with Crippen molar-refractivity contribution in [3.8, 4) is 5.75 Å². The highest BCUT2D eigenvalue weighted by Crippen LogP contribution is 2.26. The smallest absolute Gasteiger partial charge is 0.321 e. The zero-order valence-electron chi connectivity index (χ0n) is 13.4. The summed E-state index contributed by atoms with van der Waals surface area (Å²) in [6.45, 7) is 3.55. The standard InChI is InChI=1S/C15H23N3O4S/c1-3-11-5-4-8-18(10-11)15(19)17-12-6-7-13(22-2)14(9-12)23(16,20)21/h6-7,9,11H,3-5,8,10H2,1-2H3,(H,17,19)(H2,16,20,21)/t11-/m1/s1. The summed E-state index contributed by atoms with van der Waals surface area (Å²) >= 11 is 0. The Labute approximate surface area is 136 Å². The molecule has 1 aromatic rings. The molecule has 8 heteroatoms. The summed E-state index contributed by atoms with van der Waals surface area (Å²) in [5.74, 6) is 0.667. The van der Waals surface area contributed by atoms with Crippen LogP contribution in [0.1, 0.15) is 26.2 Å². The van der Waals surface area contributed by atoms with Crippen molar-refractivity contribution in [1.82, 2.24) is 4.90 Å². The molecule has 1 saturated heterocycles. The second-order valence-corrected chi connectivity index (χ2v) is 7.23. The monoisotopic (exact) mass is 341 g/mol. The summed E-state index contributed by atoms with van der Waals surface area (Å²) in [6.07, 6.45) is 3.16. The Kier molecular flexibility index (Phi) is 5.48. The SMILES string of the molecule is CC[C@@H]1CCCN(C(=O)Nc2ccc(OC)c(S(N)(=O)=O)c2)C1. The van der Waals surface area contributed by atoms with Crippen LogP contribution < -0.4 is 15.2 Å². The van der Waals surface area contributed by atoms with Crippen molar-refractivity contribution in [2.24, 2.45) is 11.1 Å². The zero-order chi connectivity index (χ0) is 17.0. The van der Waals surface area contributed by atoms with Crippen molar-refractivity contribution in [1.29, 1.82) is 0 Å². The summed E-state index contributed by atoms with van der Waals surface area (Å²) in [4.78, 5) is 14.0. The molecule has 1 aliphatic rings. The number of anilines is 1. The topological polar surface area (TPSA) is 102 Å². The van der Waals surface area contributed by atoms with Gasteiger partial charge in [0, 0.05) is 18.8 Å². The molecule has 1 fully saturated rings. The first-order valence-corrected chi connectivity index (χ1v) is 9.16. The number of nitrogens with two attached hydrogens (primary N) is 1. The third-order valence-electron chi connectivity index (χ3n) is 4.10. The molecule has 0 unspecified atom stereocenters. The number of nitrogens with one attached hydrogen (secondary N) is 1. The van der Waals surface area contributed by atoms with Gasteiger partial charge in [0.1, 0.15) is 10.6 Å². The lowest BCUT2D eigenvalue weighted by atomic mass is 9.96. The van der Waals surface area contributed by atoms with E-state index in [4.69, 9.17) is 9.88 Å². The molecule has 2 rings (SSSR count). The maximum Gasteiger partial charge on any atom is 0.321 e. The van der Waals surface area contributed by atoms with Gasteiger partial charge in [-0.05, 0) is 37.0 Å². The van der Waals surface area contributed by atoms with Crippen molar-refractivity contribution in [3.63, 3.8) is 0 Å². The molecule has 0 saturated carbocycles. The van der Waals surface area contributed by atoms with Gasteiger partial charge in [-0.15, -0.1) is 0 Å². The Morgan fingerprint density at radius 1 is 1.48 bits per heavy atom. The summed E-state index contributed by atoms with van der Waals surface area (Å²) in [5, 5.41) is 7.91. The number of piperidine rings is 1. The highest BCUT2D eigenvalue weighted by atomic mass is 32.2. The second kappa shape index (κ2) is 7.18. The van der Waals surface area contributed by atoms with Gasteiger partial charge in [-0.25, -0.2) is 18.4 Å². The van der Waals surface area contributed by atoms with Gasteiger partial charge in [0.05, 0.1) is 7.11 Å². The number of primary sulfonamides is 1. The molecule has 0 spiro atoms. The third kappa shape index (κ3) is 4.35. The van der Waals surface area contributed by atoms with Crippen LogP contribution in [0.3, 0.4) is 0 Å². The van der Waals surface area contributed by atoms with Crippen molar-refractivity contribution in [2.75, 3.05) is 25.5 Å². The number of nitrogens with zero attached hydrogens (tertiary/aromatic N) is 1. The van der Waals surface area contributed by atoms with Gasteiger partial charge in [-0.2, -0.15) is 0 Å². The van der Waals surface area contributed by atoms with E-state index in [-0.39, 0.29) is 16.7 Å². The number of benzene rings is 1. The van der Waals surface area contributed by atoms with Gasteiger partial charge in [0.25, 0.3) is 0 Å². The molecule has 23 heavy (non-hydrogen) atoms. The maximum atomic E-state index is 12.3. The van der Waals surface area contributed by atoms with E-state index < -0.39 is 10.0 Å². The summed E-state index contributed by atoms with van der Waals surface area (Å²) in [6, 6.07) is 4.15.